The molecule has 0 unspecified atom stereocenters. The normalized spacial score (nSPS) is 11.7. The van der Waals surface area contributed by atoms with E-state index in [1.54, 1.807) is 11.0 Å². The van der Waals surface area contributed by atoms with Crippen molar-refractivity contribution in [2.75, 3.05) is 13.7 Å². The third-order valence-electron chi connectivity index (χ3n) is 3.08. The van der Waals surface area contributed by atoms with Crippen molar-refractivity contribution in [3.63, 3.8) is 0 Å². The van der Waals surface area contributed by atoms with E-state index in [-0.39, 0.29) is 23.5 Å². The lowest BCUT2D eigenvalue weighted by atomic mass is 10.1. The molecule has 118 valence electrons. The van der Waals surface area contributed by atoms with E-state index in [0.717, 1.165) is 0 Å². The lowest BCUT2D eigenvalue weighted by Crippen LogP contribution is -2.36. The van der Waals surface area contributed by atoms with Crippen molar-refractivity contribution < 1.29 is 17.9 Å². The Morgan fingerprint density at radius 2 is 1.95 bits per heavy atom. The number of nitrogens with two attached hydrogens (primary N) is 1. The van der Waals surface area contributed by atoms with Crippen LogP contribution in [0.4, 0.5) is 0 Å². The first-order valence-corrected chi connectivity index (χ1v) is 8.22. The summed E-state index contributed by atoms with van der Waals surface area (Å²) >= 11 is 0. The van der Waals surface area contributed by atoms with Gasteiger partial charge in [-0.15, -0.1) is 0 Å². The number of methoxy groups -OCH3 is 1. The highest BCUT2D eigenvalue weighted by molar-refractivity contribution is 7.89. The van der Waals surface area contributed by atoms with Gasteiger partial charge in [-0.3, -0.25) is 4.79 Å². The highest BCUT2D eigenvalue weighted by atomic mass is 32.2. The minimum Gasteiger partial charge on any atom is -0.380 e. The Hall–Kier alpha value is -1.44. The summed E-state index contributed by atoms with van der Waals surface area (Å²) in [6.07, 6.45) is 0. The monoisotopic (exact) mass is 314 g/mol. The molecule has 2 N–H and O–H groups in total. The number of nitrogens with zero attached hydrogens (tertiary/aromatic N) is 1. The number of carbonyl (C=O) groups is 1. The smallest absolute Gasteiger partial charge is 0.254 e. The van der Waals surface area contributed by atoms with Crippen molar-refractivity contribution in [1.29, 1.82) is 0 Å². The molecular weight excluding hydrogens is 292 g/mol. The molecule has 1 rings (SSSR count). The molecule has 0 fully saturated rings. The Balaban J connectivity index is 3.34. The molecule has 0 heterocycles. The molecular formula is C14H22N2O4S. The molecule has 0 bridgehead atoms. The van der Waals surface area contributed by atoms with Crippen molar-refractivity contribution in [1.82, 2.24) is 4.90 Å². The number of carbonyl (C=O) groups excluding carboxylic acids is 1. The highest BCUT2D eigenvalue weighted by Crippen LogP contribution is 2.17. The number of hydrogen-bond acceptors (Lipinski definition) is 4. The Labute approximate surface area is 125 Å². The van der Waals surface area contributed by atoms with Crippen LogP contribution in [0, 0.1) is 0 Å². The van der Waals surface area contributed by atoms with Gasteiger partial charge in [0.1, 0.15) is 0 Å². The van der Waals surface area contributed by atoms with Crippen LogP contribution in [0.2, 0.25) is 0 Å². The zero-order chi connectivity index (χ0) is 16.2. The number of amides is 1. The Bertz CT molecular complexity index is 611. The lowest BCUT2D eigenvalue weighted by molar-refractivity contribution is 0.0716. The van der Waals surface area contributed by atoms with Gasteiger partial charge in [-0.2, -0.15) is 0 Å². The number of benzene rings is 1. The summed E-state index contributed by atoms with van der Waals surface area (Å²) in [6, 6.07) is 4.38. The third-order valence-corrected chi connectivity index (χ3v) is 3.97. The molecule has 0 atom stereocenters. The van der Waals surface area contributed by atoms with Crippen LogP contribution in [0.5, 0.6) is 0 Å². The van der Waals surface area contributed by atoms with E-state index in [2.05, 4.69) is 0 Å². The van der Waals surface area contributed by atoms with Crippen LogP contribution in [-0.4, -0.2) is 38.9 Å². The molecule has 0 aliphatic heterocycles. The van der Waals surface area contributed by atoms with E-state index >= 15 is 0 Å². The first kappa shape index (κ1) is 17.6. The van der Waals surface area contributed by atoms with Crippen molar-refractivity contribution >= 4 is 15.9 Å². The summed E-state index contributed by atoms with van der Waals surface area (Å²) in [5, 5.41) is 5.17. The van der Waals surface area contributed by atoms with Gasteiger partial charge in [0, 0.05) is 25.3 Å². The van der Waals surface area contributed by atoms with Crippen molar-refractivity contribution in [3.8, 4) is 0 Å². The van der Waals surface area contributed by atoms with Gasteiger partial charge < -0.3 is 9.64 Å². The van der Waals surface area contributed by atoms with Gasteiger partial charge in [0.25, 0.3) is 5.91 Å². The van der Waals surface area contributed by atoms with Crippen LogP contribution >= 0.6 is 0 Å². The molecule has 0 saturated carbocycles. The standard InChI is InChI=1S/C14H22N2O4S/c1-5-16(10(2)3)14(17)12-6-11(9-20-4)7-13(8-12)21(15,18)19/h6-8,10H,5,9H2,1-4H3,(H2,15,18,19). The predicted octanol–water partition coefficient (Wildman–Crippen LogP) is 1.35. The first-order valence-electron chi connectivity index (χ1n) is 6.67. The van der Waals surface area contributed by atoms with Crippen LogP contribution < -0.4 is 5.14 Å². The van der Waals surface area contributed by atoms with Gasteiger partial charge >= 0.3 is 0 Å². The number of ether oxygens (including phenoxy) is 1. The quantitative estimate of drug-likeness (QED) is 0.858. The predicted molar refractivity (Wildman–Crippen MR) is 80.4 cm³/mol. The molecule has 1 aromatic rings. The summed E-state index contributed by atoms with van der Waals surface area (Å²) in [5.74, 6) is -0.227. The second-order valence-corrected chi connectivity index (χ2v) is 6.59. The van der Waals surface area contributed by atoms with E-state index in [0.29, 0.717) is 17.7 Å². The molecule has 1 aromatic carbocycles. The zero-order valence-corrected chi connectivity index (χ0v) is 13.6. The summed E-state index contributed by atoms with van der Waals surface area (Å²) < 4.78 is 28.1. The maximum atomic E-state index is 12.5. The van der Waals surface area contributed by atoms with Crippen LogP contribution in [-0.2, 0) is 21.4 Å². The number of sulfonamides is 1. The average Bonchev–Trinajstić information content (AvgIpc) is 2.38. The van der Waals surface area contributed by atoms with E-state index in [1.165, 1.54) is 19.2 Å². The summed E-state index contributed by atoms with van der Waals surface area (Å²) in [6.45, 7) is 6.42. The van der Waals surface area contributed by atoms with E-state index < -0.39 is 10.0 Å². The van der Waals surface area contributed by atoms with Crippen molar-refractivity contribution in [2.24, 2.45) is 5.14 Å². The topological polar surface area (TPSA) is 89.7 Å². The number of hydrogen-bond donors (Lipinski definition) is 1. The Kier molecular flexibility index (Phi) is 5.88. The zero-order valence-electron chi connectivity index (χ0n) is 12.8. The molecule has 21 heavy (non-hydrogen) atoms. The van der Waals surface area contributed by atoms with Gasteiger partial charge in [-0.05, 0) is 44.5 Å². The van der Waals surface area contributed by atoms with Gasteiger partial charge in [-0.25, -0.2) is 13.6 Å². The van der Waals surface area contributed by atoms with Crippen LogP contribution in [0.15, 0.2) is 23.1 Å². The molecule has 0 aliphatic carbocycles. The van der Waals surface area contributed by atoms with Gasteiger partial charge in [0.15, 0.2) is 0 Å². The first-order chi connectivity index (χ1) is 9.70. The Morgan fingerprint density at radius 3 is 2.38 bits per heavy atom. The fourth-order valence-corrected chi connectivity index (χ4v) is 2.71. The molecule has 0 saturated heterocycles. The van der Waals surface area contributed by atoms with Crippen LogP contribution in [0.3, 0.4) is 0 Å². The fraction of sp³-hybridized carbons (Fsp3) is 0.500. The second-order valence-electron chi connectivity index (χ2n) is 5.03. The summed E-state index contributed by atoms with van der Waals surface area (Å²) in [7, 11) is -2.38. The minimum absolute atomic E-state index is 0.0199. The van der Waals surface area contributed by atoms with E-state index in [1.807, 2.05) is 20.8 Å². The van der Waals surface area contributed by atoms with Crippen LogP contribution in [0.1, 0.15) is 36.7 Å². The third kappa shape index (κ3) is 4.52. The van der Waals surface area contributed by atoms with Gasteiger partial charge in [0.05, 0.1) is 11.5 Å². The lowest BCUT2D eigenvalue weighted by Gasteiger charge is -2.25. The SMILES string of the molecule is CCN(C(=O)c1cc(COC)cc(S(N)(=O)=O)c1)C(C)C. The molecule has 6 nitrogen and oxygen atoms in total. The van der Waals surface area contributed by atoms with E-state index in [4.69, 9.17) is 9.88 Å². The molecule has 0 spiro atoms. The molecule has 0 aromatic heterocycles. The molecule has 1 amide bonds. The number of rotatable bonds is 6. The van der Waals surface area contributed by atoms with Gasteiger partial charge in [-0.1, -0.05) is 0 Å². The Morgan fingerprint density at radius 1 is 1.33 bits per heavy atom. The second kappa shape index (κ2) is 7.02. The largest absolute Gasteiger partial charge is 0.380 e. The number of primary sulfonamides is 1. The maximum Gasteiger partial charge on any atom is 0.254 e. The highest BCUT2D eigenvalue weighted by Gasteiger charge is 2.20. The van der Waals surface area contributed by atoms with Gasteiger partial charge in [0.2, 0.25) is 10.0 Å². The summed E-state index contributed by atoms with van der Waals surface area (Å²) in [4.78, 5) is 14.1. The van der Waals surface area contributed by atoms with Crippen molar-refractivity contribution in [3.05, 3.63) is 29.3 Å². The fourth-order valence-electron chi connectivity index (χ4n) is 2.11. The molecule has 0 radical (unpaired) electrons. The average molecular weight is 314 g/mol. The maximum absolute atomic E-state index is 12.5. The van der Waals surface area contributed by atoms with E-state index in [9.17, 15) is 13.2 Å². The van der Waals surface area contributed by atoms with Crippen molar-refractivity contribution in [2.45, 2.75) is 38.3 Å². The molecule has 0 aliphatic rings. The van der Waals surface area contributed by atoms with Crippen LogP contribution in [0.25, 0.3) is 0 Å². The minimum atomic E-state index is -3.88. The summed E-state index contributed by atoms with van der Waals surface area (Å²) in [5.41, 5.74) is 0.885. The molecule has 7 heteroatoms.